The Morgan fingerprint density at radius 1 is 1.10 bits per heavy atom. The molecule has 0 spiro atoms. The van der Waals surface area contributed by atoms with Gasteiger partial charge >= 0.3 is 0 Å². The van der Waals surface area contributed by atoms with Crippen LogP contribution in [-0.4, -0.2) is 30.8 Å². The summed E-state index contributed by atoms with van der Waals surface area (Å²) in [7, 11) is 1.67. The molecule has 0 bridgehead atoms. The number of methoxy groups -OCH3 is 1. The van der Waals surface area contributed by atoms with Crippen LogP contribution in [0.5, 0.6) is 17.2 Å². The zero-order chi connectivity index (χ0) is 20.2. The minimum Gasteiger partial charge on any atom is -0.508 e. The van der Waals surface area contributed by atoms with Crippen LogP contribution < -0.4 is 14.8 Å². The van der Waals surface area contributed by atoms with Gasteiger partial charge in [-0.15, -0.1) is 0 Å². The number of phenols is 1. The van der Waals surface area contributed by atoms with E-state index in [4.69, 9.17) is 9.47 Å². The van der Waals surface area contributed by atoms with E-state index in [1.54, 1.807) is 19.2 Å². The average Bonchev–Trinajstić information content (AvgIpc) is 3.23. The highest BCUT2D eigenvalue weighted by atomic mass is 16.5. The van der Waals surface area contributed by atoms with Crippen LogP contribution in [0, 0.1) is 5.92 Å². The van der Waals surface area contributed by atoms with Crippen molar-refractivity contribution >= 4 is 5.91 Å². The lowest BCUT2D eigenvalue weighted by Gasteiger charge is -2.30. The lowest BCUT2D eigenvalue weighted by atomic mass is 9.82. The number of carbonyl (C=O) groups excluding carboxylic acids is 1. The van der Waals surface area contributed by atoms with Crippen LogP contribution in [0.4, 0.5) is 0 Å². The van der Waals surface area contributed by atoms with E-state index in [0.717, 1.165) is 36.3 Å². The van der Waals surface area contributed by atoms with Gasteiger partial charge in [-0.3, -0.25) is 4.79 Å². The maximum absolute atomic E-state index is 12.4. The molecule has 2 N–H and O–H groups in total. The fraction of sp³-hybridized carbons (Fsp3) is 0.458. The summed E-state index contributed by atoms with van der Waals surface area (Å²) < 4.78 is 11.8. The predicted molar refractivity (Wildman–Crippen MR) is 112 cm³/mol. The van der Waals surface area contributed by atoms with E-state index in [1.165, 1.54) is 18.4 Å². The molecule has 2 fully saturated rings. The number of nitrogens with one attached hydrogen (secondary N) is 1. The molecule has 5 nitrogen and oxygen atoms in total. The van der Waals surface area contributed by atoms with Crippen LogP contribution in [0.3, 0.4) is 0 Å². The molecule has 2 aromatic carbocycles. The molecule has 1 aliphatic carbocycles. The summed E-state index contributed by atoms with van der Waals surface area (Å²) in [6.45, 7) is 0.630. The largest absolute Gasteiger partial charge is 0.508 e. The molecule has 0 aromatic heterocycles. The van der Waals surface area contributed by atoms with Gasteiger partial charge < -0.3 is 19.9 Å². The van der Waals surface area contributed by atoms with Gasteiger partial charge in [0, 0.05) is 18.4 Å². The number of benzene rings is 2. The topological polar surface area (TPSA) is 67.8 Å². The number of hydrogen-bond donors (Lipinski definition) is 2. The van der Waals surface area contributed by atoms with Crippen LogP contribution in [0.15, 0.2) is 42.5 Å². The Labute approximate surface area is 172 Å². The minimum atomic E-state index is -0.114. The quantitative estimate of drug-likeness (QED) is 0.770. The zero-order valence-corrected chi connectivity index (χ0v) is 16.9. The normalized spacial score (nSPS) is 22.3. The number of ether oxygens (including phenoxy) is 2. The number of piperidine rings is 1. The molecule has 1 saturated heterocycles. The second-order valence-electron chi connectivity index (χ2n) is 8.18. The lowest BCUT2D eigenvalue weighted by Crippen LogP contribution is -2.41. The third-order valence-electron chi connectivity index (χ3n) is 6.11. The number of rotatable bonds is 6. The summed E-state index contributed by atoms with van der Waals surface area (Å²) in [4.78, 5) is 12.4. The highest BCUT2D eigenvalue weighted by Crippen LogP contribution is 2.37. The van der Waals surface area contributed by atoms with Gasteiger partial charge in [0.1, 0.15) is 5.75 Å². The van der Waals surface area contributed by atoms with E-state index in [9.17, 15) is 9.90 Å². The van der Waals surface area contributed by atoms with Gasteiger partial charge in [-0.25, -0.2) is 0 Å². The van der Waals surface area contributed by atoms with Crippen molar-refractivity contribution in [1.82, 2.24) is 5.32 Å². The molecule has 5 heteroatoms. The lowest BCUT2D eigenvalue weighted by molar-refractivity contribution is -0.126. The van der Waals surface area contributed by atoms with Gasteiger partial charge in [-0.1, -0.05) is 18.2 Å². The molecule has 1 heterocycles. The SMILES string of the molecule is COc1ccc([C@H]2CNC(=O)[C@H](Cc3cccc(O)c3)C2)cc1OC1CCCC1. The summed E-state index contributed by atoms with van der Waals surface area (Å²) >= 11 is 0. The maximum Gasteiger partial charge on any atom is 0.223 e. The van der Waals surface area contributed by atoms with E-state index < -0.39 is 0 Å². The molecule has 154 valence electrons. The van der Waals surface area contributed by atoms with E-state index in [1.807, 2.05) is 18.2 Å². The summed E-state index contributed by atoms with van der Waals surface area (Å²) in [6, 6.07) is 13.3. The maximum atomic E-state index is 12.4. The monoisotopic (exact) mass is 395 g/mol. The predicted octanol–water partition coefficient (Wildman–Crippen LogP) is 4.18. The van der Waals surface area contributed by atoms with Crippen molar-refractivity contribution in [1.29, 1.82) is 0 Å². The van der Waals surface area contributed by atoms with Crippen molar-refractivity contribution < 1.29 is 19.4 Å². The van der Waals surface area contributed by atoms with Gasteiger partial charge in [0.2, 0.25) is 5.91 Å². The molecule has 0 unspecified atom stereocenters. The first kappa shape index (κ1) is 19.6. The van der Waals surface area contributed by atoms with E-state index in [2.05, 4.69) is 17.4 Å². The van der Waals surface area contributed by atoms with Gasteiger partial charge in [-0.05, 0) is 73.9 Å². The number of carbonyl (C=O) groups is 1. The Morgan fingerprint density at radius 2 is 1.93 bits per heavy atom. The fourth-order valence-electron chi connectivity index (χ4n) is 4.52. The van der Waals surface area contributed by atoms with Crippen molar-refractivity contribution in [2.24, 2.45) is 5.92 Å². The number of aromatic hydroxyl groups is 1. The van der Waals surface area contributed by atoms with Gasteiger partial charge in [0.15, 0.2) is 11.5 Å². The smallest absolute Gasteiger partial charge is 0.223 e. The standard InChI is InChI=1S/C24H29NO4/c1-28-22-10-9-17(14-23(22)29-21-7-2-3-8-21)19-13-18(24(27)25-15-19)11-16-5-4-6-20(26)12-16/h4-6,9-10,12,14,18-19,21,26H,2-3,7-8,11,13,15H2,1H3,(H,25,27)/t18-,19-/m1/s1. The Bertz CT molecular complexity index is 860. The van der Waals surface area contributed by atoms with Crippen LogP contribution in [0.2, 0.25) is 0 Å². The highest BCUT2D eigenvalue weighted by Gasteiger charge is 2.30. The summed E-state index contributed by atoms with van der Waals surface area (Å²) in [5.74, 6) is 2.00. The van der Waals surface area contributed by atoms with Crippen molar-refractivity contribution in [2.45, 2.75) is 50.5 Å². The van der Waals surface area contributed by atoms with Crippen LogP contribution in [0.25, 0.3) is 0 Å². The Hall–Kier alpha value is -2.69. The van der Waals surface area contributed by atoms with Crippen molar-refractivity contribution in [3.8, 4) is 17.2 Å². The van der Waals surface area contributed by atoms with Gasteiger partial charge in [0.25, 0.3) is 0 Å². The van der Waals surface area contributed by atoms with Crippen molar-refractivity contribution in [3.63, 3.8) is 0 Å². The summed E-state index contributed by atoms with van der Waals surface area (Å²) in [5.41, 5.74) is 2.14. The number of phenolic OH excluding ortho intramolecular Hbond substituents is 1. The van der Waals surface area contributed by atoms with E-state index in [-0.39, 0.29) is 29.6 Å². The molecular formula is C24H29NO4. The molecule has 2 atom stereocenters. The molecule has 2 aliphatic rings. The molecule has 2 aromatic rings. The Morgan fingerprint density at radius 3 is 2.69 bits per heavy atom. The average molecular weight is 395 g/mol. The van der Waals surface area contributed by atoms with Crippen LogP contribution >= 0.6 is 0 Å². The molecule has 1 aliphatic heterocycles. The Balaban J connectivity index is 1.50. The Kier molecular flexibility index (Phi) is 5.93. The number of hydrogen-bond acceptors (Lipinski definition) is 4. The zero-order valence-electron chi connectivity index (χ0n) is 16.9. The number of amides is 1. The first-order valence-electron chi connectivity index (χ1n) is 10.5. The third-order valence-corrected chi connectivity index (χ3v) is 6.11. The summed E-state index contributed by atoms with van der Waals surface area (Å²) in [6.07, 6.45) is 6.30. The molecule has 0 radical (unpaired) electrons. The van der Waals surface area contributed by atoms with Crippen LogP contribution in [0.1, 0.15) is 49.1 Å². The molecular weight excluding hydrogens is 366 g/mol. The van der Waals surface area contributed by atoms with Crippen LogP contribution in [-0.2, 0) is 11.2 Å². The first-order chi connectivity index (χ1) is 14.1. The highest BCUT2D eigenvalue weighted by molar-refractivity contribution is 5.80. The van der Waals surface area contributed by atoms with E-state index >= 15 is 0 Å². The van der Waals surface area contributed by atoms with Gasteiger partial charge in [-0.2, -0.15) is 0 Å². The minimum absolute atomic E-state index is 0.0838. The van der Waals surface area contributed by atoms with E-state index in [0.29, 0.717) is 13.0 Å². The van der Waals surface area contributed by atoms with Crippen molar-refractivity contribution in [3.05, 3.63) is 53.6 Å². The molecule has 29 heavy (non-hydrogen) atoms. The third kappa shape index (κ3) is 4.66. The van der Waals surface area contributed by atoms with Crippen molar-refractivity contribution in [2.75, 3.05) is 13.7 Å². The second kappa shape index (κ2) is 8.76. The molecule has 1 saturated carbocycles. The fourth-order valence-corrected chi connectivity index (χ4v) is 4.52. The second-order valence-corrected chi connectivity index (χ2v) is 8.18. The van der Waals surface area contributed by atoms with Gasteiger partial charge in [0.05, 0.1) is 13.2 Å². The first-order valence-corrected chi connectivity index (χ1v) is 10.5. The molecule has 1 amide bonds. The summed E-state index contributed by atoms with van der Waals surface area (Å²) in [5, 5.41) is 12.8. The molecule has 4 rings (SSSR count).